The number of likely N-dealkylation sites (N-methyl/N-ethyl adjacent to an activating group) is 1. The largest absolute Gasteiger partial charge is 0.313 e. The summed E-state index contributed by atoms with van der Waals surface area (Å²) in [5.41, 5.74) is 0. The highest BCUT2D eigenvalue weighted by Gasteiger charge is 2.13. The molecule has 90 valence electrons. The van der Waals surface area contributed by atoms with E-state index in [-0.39, 0.29) is 0 Å². The number of hydrogen-bond donors (Lipinski definition) is 1. The van der Waals surface area contributed by atoms with Gasteiger partial charge in [0.1, 0.15) is 0 Å². The van der Waals surface area contributed by atoms with Crippen LogP contribution in [0, 0.1) is 5.92 Å². The molecular weight excluding hydrogens is 184 g/mol. The molecule has 0 saturated heterocycles. The average molecular weight is 212 g/mol. The lowest BCUT2D eigenvalue weighted by Gasteiger charge is -2.21. The quantitative estimate of drug-likeness (QED) is 0.697. The molecular formula is C13H28N2. The Kier molecular flexibility index (Phi) is 6.26. The molecule has 2 heteroatoms. The SMILES string of the molecule is CCC(C)CN(C)CCNC1CCCC1. The predicted octanol–water partition coefficient (Wildman–Crippen LogP) is 2.50. The monoisotopic (exact) mass is 212 g/mol. The third-order valence-electron chi connectivity index (χ3n) is 3.60. The first-order valence-corrected chi connectivity index (χ1v) is 6.64. The molecule has 15 heavy (non-hydrogen) atoms. The molecule has 0 spiro atoms. The maximum Gasteiger partial charge on any atom is 0.0104 e. The molecule has 0 amide bonds. The average Bonchev–Trinajstić information content (AvgIpc) is 2.70. The molecule has 1 rings (SSSR count). The molecule has 0 radical (unpaired) electrons. The van der Waals surface area contributed by atoms with Gasteiger partial charge in [0.05, 0.1) is 0 Å². The van der Waals surface area contributed by atoms with E-state index in [1.165, 1.54) is 45.2 Å². The first-order valence-electron chi connectivity index (χ1n) is 6.64. The van der Waals surface area contributed by atoms with Gasteiger partial charge in [-0.2, -0.15) is 0 Å². The molecule has 1 saturated carbocycles. The fraction of sp³-hybridized carbons (Fsp3) is 1.00. The molecule has 2 nitrogen and oxygen atoms in total. The van der Waals surface area contributed by atoms with Crippen molar-refractivity contribution in [2.45, 2.75) is 52.0 Å². The molecule has 1 aliphatic rings. The lowest BCUT2D eigenvalue weighted by Crippen LogP contribution is -2.35. The van der Waals surface area contributed by atoms with Gasteiger partial charge < -0.3 is 10.2 Å². The smallest absolute Gasteiger partial charge is 0.0104 e. The molecule has 1 fully saturated rings. The Bertz CT molecular complexity index is 153. The Balaban J connectivity index is 1.98. The van der Waals surface area contributed by atoms with Gasteiger partial charge in [-0.25, -0.2) is 0 Å². The molecule has 0 aliphatic heterocycles. The zero-order valence-electron chi connectivity index (χ0n) is 10.8. The van der Waals surface area contributed by atoms with Crippen LogP contribution in [0.2, 0.25) is 0 Å². The number of nitrogens with one attached hydrogen (secondary N) is 1. The molecule has 1 unspecified atom stereocenters. The Morgan fingerprint density at radius 2 is 2.00 bits per heavy atom. The topological polar surface area (TPSA) is 15.3 Å². The van der Waals surface area contributed by atoms with Crippen LogP contribution in [0.1, 0.15) is 46.0 Å². The Hall–Kier alpha value is -0.0800. The van der Waals surface area contributed by atoms with Crippen LogP contribution in [0.15, 0.2) is 0 Å². The van der Waals surface area contributed by atoms with E-state index >= 15 is 0 Å². The zero-order valence-corrected chi connectivity index (χ0v) is 10.8. The fourth-order valence-electron chi connectivity index (χ4n) is 2.34. The minimum atomic E-state index is 0.821. The first-order chi connectivity index (χ1) is 7.22. The van der Waals surface area contributed by atoms with E-state index in [4.69, 9.17) is 0 Å². The predicted molar refractivity (Wildman–Crippen MR) is 67.2 cm³/mol. The van der Waals surface area contributed by atoms with E-state index in [2.05, 4.69) is 31.1 Å². The Morgan fingerprint density at radius 1 is 1.33 bits per heavy atom. The summed E-state index contributed by atoms with van der Waals surface area (Å²) in [6, 6.07) is 0.821. The van der Waals surface area contributed by atoms with Gasteiger partial charge in [-0.1, -0.05) is 33.1 Å². The van der Waals surface area contributed by atoms with Crippen molar-refractivity contribution in [1.82, 2.24) is 10.2 Å². The van der Waals surface area contributed by atoms with E-state index in [1.807, 2.05) is 0 Å². The second-order valence-corrected chi connectivity index (χ2v) is 5.21. The molecule has 0 bridgehead atoms. The van der Waals surface area contributed by atoms with Crippen LogP contribution in [0.3, 0.4) is 0 Å². The molecule has 1 atom stereocenters. The zero-order chi connectivity index (χ0) is 11.1. The second-order valence-electron chi connectivity index (χ2n) is 5.21. The minimum Gasteiger partial charge on any atom is -0.313 e. The summed E-state index contributed by atoms with van der Waals surface area (Å²) < 4.78 is 0. The van der Waals surface area contributed by atoms with Gasteiger partial charge in [-0.15, -0.1) is 0 Å². The molecule has 0 aromatic carbocycles. The lowest BCUT2D eigenvalue weighted by molar-refractivity contribution is 0.277. The Labute approximate surface area is 95.4 Å². The normalized spacial score (nSPS) is 20.0. The van der Waals surface area contributed by atoms with Crippen molar-refractivity contribution >= 4 is 0 Å². The molecule has 0 aromatic rings. The van der Waals surface area contributed by atoms with Gasteiger partial charge in [0, 0.05) is 25.7 Å². The minimum absolute atomic E-state index is 0.821. The van der Waals surface area contributed by atoms with Crippen LogP contribution < -0.4 is 5.32 Å². The molecule has 0 heterocycles. The van der Waals surface area contributed by atoms with Gasteiger partial charge >= 0.3 is 0 Å². The van der Waals surface area contributed by atoms with Gasteiger partial charge in [0.2, 0.25) is 0 Å². The third-order valence-corrected chi connectivity index (χ3v) is 3.60. The number of rotatable bonds is 7. The summed E-state index contributed by atoms with van der Waals surface area (Å²) in [5.74, 6) is 0.835. The molecule has 0 aromatic heterocycles. The van der Waals surface area contributed by atoms with Crippen molar-refractivity contribution in [2.75, 3.05) is 26.7 Å². The van der Waals surface area contributed by atoms with Crippen molar-refractivity contribution in [3.05, 3.63) is 0 Å². The van der Waals surface area contributed by atoms with Crippen LogP contribution in [-0.2, 0) is 0 Å². The third kappa shape index (κ3) is 5.53. The summed E-state index contributed by atoms with van der Waals surface area (Å²) in [7, 11) is 2.24. The van der Waals surface area contributed by atoms with Gasteiger partial charge in [-0.3, -0.25) is 0 Å². The van der Waals surface area contributed by atoms with Crippen molar-refractivity contribution in [1.29, 1.82) is 0 Å². The van der Waals surface area contributed by atoms with Gasteiger partial charge in [0.25, 0.3) is 0 Å². The van der Waals surface area contributed by atoms with Crippen LogP contribution in [0.25, 0.3) is 0 Å². The summed E-state index contributed by atoms with van der Waals surface area (Å²) in [6.45, 7) is 8.21. The summed E-state index contributed by atoms with van der Waals surface area (Å²) in [6.07, 6.45) is 6.95. The number of nitrogens with zero attached hydrogens (tertiary/aromatic N) is 1. The van der Waals surface area contributed by atoms with Crippen molar-refractivity contribution in [3.63, 3.8) is 0 Å². The van der Waals surface area contributed by atoms with Crippen LogP contribution in [0.4, 0.5) is 0 Å². The van der Waals surface area contributed by atoms with Crippen molar-refractivity contribution in [2.24, 2.45) is 5.92 Å². The molecule has 1 N–H and O–H groups in total. The van der Waals surface area contributed by atoms with Crippen LogP contribution in [0.5, 0.6) is 0 Å². The second kappa shape index (κ2) is 7.24. The first kappa shape index (κ1) is 13.0. The van der Waals surface area contributed by atoms with Crippen molar-refractivity contribution in [3.8, 4) is 0 Å². The molecule has 1 aliphatic carbocycles. The van der Waals surface area contributed by atoms with E-state index in [0.29, 0.717) is 0 Å². The van der Waals surface area contributed by atoms with Gasteiger partial charge in [-0.05, 0) is 25.8 Å². The van der Waals surface area contributed by atoms with Crippen LogP contribution >= 0.6 is 0 Å². The van der Waals surface area contributed by atoms with E-state index in [1.54, 1.807) is 0 Å². The summed E-state index contributed by atoms with van der Waals surface area (Å²) >= 11 is 0. The fourth-order valence-corrected chi connectivity index (χ4v) is 2.34. The van der Waals surface area contributed by atoms with Crippen molar-refractivity contribution < 1.29 is 0 Å². The number of hydrogen-bond acceptors (Lipinski definition) is 2. The summed E-state index contributed by atoms with van der Waals surface area (Å²) in [5, 5.41) is 3.66. The standard InChI is InChI=1S/C13H28N2/c1-4-12(2)11-15(3)10-9-14-13-7-5-6-8-13/h12-14H,4-11H2,1-3H3. The highest BCUT2D eigenvalue weighted by molar-refractivity contribution is 4.73. The highest BCUT2D eigenvalue weighted by Crippen LogP contribution is 2.17. The highest BCUT2D eigenvalue weighted by atomic mass is 15.1. The maximum atomic E-state index is 3.66. The van der Waals surface area contributed by atoms with E-state index in [0.717, 1.165) is 18.5 Å². The van der Waals surface area contributed by atoms with E-state index < -0.39 is 0 Å². The maximum absolute atomic E-state index is 3.66. The van der Waals surface area contributed by atoms with Crippen LogP contribution in [-0.4, -0.2) is 37.6 Å². The Morgan fingerprint density at radius 3 is 2.60 bits per heavy atom. The van der Waals surface area contributed by atoms with E-state index in [9.17, 15) is 0 Å². The van der Waals surface area contributed by atoms with Gasteiger partial charge in [0.15, 0.2) is 0 Å². The summed E-state index contributed by atoms with van der Waals surface area (Å²) in [4.78, 5) is 2.45. The lowest BCUT2D eigenvalue weighted by atomic mass is 10.1.